The van der Waals surface area contributed by atoms with E-state index in [0.717, 1.165) is 5.56 Å². The average Bonchev–Trinajstić information content (AvgIpc) is 2.93. The molecule has 0 bridgehead atoms. The maximum Gasteiger partial charge on any atom is 0.349 e. The number of nitrogens with zero attached hydrogens (tertiary/aromatic N) is 1. The number of carbonyl (C=O) groups excluding carboxylic acids is 1. The maximum absolute atomic E-state index is 12.7. The smallest absolute Gasteiger partial charge is 0.349 e. The number of hydrogen-bond acceptors (Lipinski definition) is 8. The minimum absolute atomic E-state index is 0.0349. The fourth-order valence-corrected chi connectivity index (χ4v) is 3.28. The Labute approximate surface area is 212 Å². The maximum atomic E-state index is 12.7. The molecule has 1 aromatic heterocycles. The van der Waals surface area contributed by atoms with Crippen LogP contribution < -0.4 is 23.7 Å². The van der Waals surface area contributed by atoms with Gasteiger partial charge in [-0.15, -0.1) is 0 Å². The van der Waals surface area contributed by atoms with Gasteiger partial charge < -0.3 is 28.8 Å². The number of methoxy groups -OCH3 is 1. The highest BCUT2D eigenvalue weighted by Crippen LogP contribution is 2.49. The lowest BCUT2D eigenvalue weighted by Gasteiger charge is -2.20. The molecule has 3 aromatic carbocycles. The van der Waals surface area contributed by atoms with Gasteiger partial charge in [0.2, 0.25) is 17.4 Å². The molecule has 1 N–H and O–H groups in total. The van der Waals surface area contributed by atoms with Gasteiger partial charge in [-0.05, 0) is 23.8 Å². The van der Waals surface area contributed by atoms with E-state index in [-0.39, 0.29) is 41.0 Å². The summed E-state index contributed by atoms with van der Waals surface area (Å²) in [6.45, 7) is -0.484. The zero-order chi connectivity index (χ0) is 26.0. The quantitative estimate of drug-likeness (QED) is 0.220. The predicted octanol–water partition coefficient (Wildman–Crippen LogP) is 5.14. The van der Waals surface area contributed by atoms with Crippen molar-refractivity contribution in [2.24, 2.45) is 0 Å². The number of carbonyl (C=O) groups is 2. The second-order valence-electron chi connectivity index (χ2n) is 7.54. The SMILES string of the molecule is COc1cc(C(=O)O)c(OC(=O)COc2ccccn2)c(OCc2ccccc2)c1Oc1ccccc1. The van der Waals surface area contributed by atoms with E-state index in [1.807, 2.05) is 36.4 Å². The van der Waals surface area contributed by atoms with E-state index in [9.17, 15) is 14.7 Å². The molecule has 1 heterocycles. The molecule has 0 spiro atoms. The molecule has 0 amide bonds. The monoisotopic (exact) mass is 501 g/mol. The third kappa shape index (κ3) is 6.55. The van der Waals surface area contributed by atoms with Gasteiger partial charge in [-0.3, -0.25) is 0 Å². The van der Waals surface area contributed by atoms with Crippen LogP contribution in [0.25, 0.3) is 0 Å². The molecule has 4 rings (SSSR count). The standard InChI is InChI=1S/C28H23NO8/c1-33-22-16-21(28(31)32)25(37-24(30)18-34-23-14-8-9-15-29-23)27(35-17-19-10-4-2-5-11-19)26(22)36-20-12-6-3-7-13-20/h2-16H,17-18H2,1H3,(H,31,32). The minimum atomic E-state index is -1.36. The Kier molecular flexibility index (Phi) is 8.18. The Morgan fingerprint density at radius 1 is 0.838 bits per heavy atom. The second-order valence-corrected chi connectivity index (χ2v) is 7.54. The van der Waals surface area contributed by atoms with Gasteiger partial charge in [0.15, 0.2) is 18.1 Å². The lowest BCUT2D eigenvalue weighted by atomic mass is 10.1. The Morgan fingerprint density at radius 2 is 1.54 bits per heavy atom. The number of pyridine rings is 1. The van der Waals surface area contributed by atoms with Crippen LogP contribution in [0.3, 0.4) is 0 Å². The summed E-state index contributed by atoms with van der Waals surface area (Å²) in [5, 5.41) is 9.91. The summed E-state index contributed by atoms with van der Waals surface area (Å²) in [6, 6.07) is 24.2. The molecule has 0 aliphatic rings. The Balaban J connectivity index is 1.73. The van der Waals surface area contributed by atoms with Crippen molar-refractivity contribution in [3.8, 4) is 34.6 Å². The molecule has 0 saturated carbocycles. The molecule has 9 nitrogen and oxygen atoms in total. The van der Waals surface area contributed by atoms with E-state index in [1.165, 1.54) is 19.4 Å². The topological polar surface area (TPSA) is 113 Å². The van der Waals surface area contributed by atoms with Crippen LogP contribution >= 0.6 is 0 Å². The second kappa shape index (κ2) is 12.1. The van der Waals surface area contributed by atoms with Gasteiger partial charge in [0.25, 0.3) is 0 Å². The minimum Gasteiger partial charge on any atom is -0.493 e. The Morgan fingerprint density at radius 3 is 2.19 bits per heavy atom. The predicted molar refractivity (Wildman–Crippen MR) is 133 cm³/mol. The summed E-state index contributed by atoms with van der Waals surface area (Å²) in [5.74, 6) is -1.92. The highest BCUT2D eigenvalue weighted by Gasteiger charge is 2.29. The third-order valence-electron chi connectivity index (χ3n) is 4.99. The van der Waals surface area contributed by atoms with Crippen LogP contribution in [0.15, 0.2) is 91.1 Å². The largest absolute Gasteiger partial charge is 0.493 e. The molecule has 4 aromatic rings. The molecular weight excluding hydrogens is 478 g/mol. The van der Waals surface area contributed by atoms with Crippen LogP contribution in [0.2, 0.25) is 0 Å². The first-order valence-electron chi connectivity index (χ1n) is 11.2. The number of esters is 1. The lowest BCUT2D eigenvalue weighted by Crippen LogP contribution is -2.20. The molecule has 0 radical (unpaired) electrons. The van der Waals surface area contributed by atoms with Crippen molar-refractivity contribution >= 4 is 11.9 Å². The molecule has 0 aliphatic heterocycles. The van der Waals surface area contributed by atoms with Gasteiger partial charge >= 0.3 is 11.9 Å². The van der Waals surface area contributed by atoms with Gasteiger partial charge in [-0.1, -0.05) is 54.6 Å². The highest BCUT2D eigenvalue weighted by atomic mass is 16.6. The van der Waals surface area contributed by atoms with Crippen LogP contribution in [0.1, 0.15) is 15.9 Å². The number of carboxylic acid groups (broad SMARTS) is 1. The van der Waals surface area contributed by atoms with E-state index in [0.29, 0.717) is 5.75 Å². The highest BCUT2D eigenvalue weighted by molar-refractivity contribution is 5.95. The van der Waals surface area contributed by atoms with Gasteiger partial charge in [-0.2, -0.15) is 0 Å². The molecule has 188 valence electrons. The van der Waals surface area contributed by atoms with E-state index in [1.54, 1.807) is 42.5 Å². The van der Waals surface area contributed by atoms with Gasteiger partial charge in [0.05, 0.1) is 7.11 Å². The fraction of sp³-hybridized carbons (Fsp3) is 0.107. The Hall–Kier alpha value is -5.05. The van der Waals surface area contributed by atoms with Crippen molar-refractivity contribution in [3.05, 3.63) is 102 Å². The number of aromatic nitrogens is 1. The number of para-hydroxylation sites is 1. The number of aromatic carboxylic acids is 1. The number of carboxylic acids is 1. The van der Waals surface area contributed by atoms with Gasteiger partial charge in [0, 0.05) is 18.3 Å². The lowest BCUT2D eigenvalue weighted by molar-refractivity contribution is -0.136. The fourth-order valence-electron chi connectivity index (χ4n) is 3.28. The molecular formula is C28H23NO8. The zero-order valence-electron chi connectivity index (χ0n) is 19.8. The molecule has 0 saturated heterocycles. The van der Waals surface area contributed by atoms with E-state index < -0.39 is 18.5 Å². The normalized spacial score (nSPS) is 10.3. The summed E-state index contributed by atoms with van der Waals surface area (Å²) in [7, 11) is 1.37. The summed E-state index contributed by atoms with van der Waals surface area (Å²) in [4.78, 5) is 28.9. The van der Waals surface area contributed by atoms with Crippen LogP contribution in [0, 0.1) is 0 Å². The molecule has 37 heavy (non-hydrogen) atoms. The molecule has 0 aliphatic carbocycles. The molecule has 9 heteroatoms. The number of benzene rings is 3. The van der Waals surface area contributed by atoms with Crippen molar-refractivity contribution in [2.45, 2.75) is 6.61 Å². The van der Waals surface area contributed by atoms with Gasteiger partial charge in [0.1, 0.15) is 17.9 Å². The zero-order valence-corrected chi connectivity index (χ0v) is 19.8. The first-order chi connectivity index (χ1) is 18.0. The number of rotatable bonds is 11. The van der Waals surface area contributed by atoms with Crippen LogP contribution in [-0.4, -0.2) is 35.7 Å². The van der Waals surface area contributed by atoms with Crippen molar-refractivity contribution in [3.63, 3.8) is 0 Å². The summed E-state index contributed by atoms with van der Waals surface area (Å²) < 4.78 is 28.3. The molecule has 0 atom stereocenters. The number of ether oxygens (including phenoxy) is 5. The van der Waals surface area contributed by atoms with Crippen molar-refractivity contribution in [1.82, 2.24) is 4.98 Å². The average molecular weight is 501 g/mol. The van der Waals surface area contributed by atoms with Crippen LogP contribution in [0.5, 0.6) is 34.6 Å². The van der Waals surface area contributed by atoms with Crippen LogP contribution in [0.4, 0.5) is 0 Å². The molecule has 0 unspecified atom stereocenters. The van der Waals surface area contributed by atoms with E-state index in [2.05, 4.69) is 4.98 Å². The first-order valence-corrected chi connectivity index (χ1v) is 11.2. The third-order valence-corrected chi connectivity index (χ3v) is 4.99. The van der Waals surface area contributed by atoms with E-state index in [4.69, 9.17) is 23.7 Å². The van der Waals surface area contributed by atoms with Crippen molar-refractivity contribution in [2.75, 3.05) is 13.7 Å². The number of hydrogen-bond donors (Lipinski definition) is 1. The summed E-state index contributed by atoms with van der Waals surface area (Å²) >= 11 is 0. The van der Waals surface area contributed by atoms with Crippen molar-refractivity contribution < 1.29 is 38.4 Å². The first kappa shape index (κ1) is 25.1. The summed E-state index contributed by atoms with van der Waals surface area (Å²) in [5.41, 5.74) is 0.440. The Bertz CT molecular complexity index is 1350. The molecule has 0 fully saturated rings. The summed E-state index contributed by atoms with van der Waals surface area (Å²) in [6.07, 6.45) is 1.51. The van der Waals surface area contributed by atoms with Crippen molar-refractivity contribution in [1.29, 1.82) is 0 Å². The van der Waals surface area contributed by atoms with Crippen LogP contribution in [-0.2, 0) is 11.4 Å². The van der Waals surface area contributed by atoms with Gasteiger partial charge in [-0.25, -0.2) is 14.6 Å². The van der Waals surface area contributed by atoms with E-state index >= 15 is 0 Å².